The third-order valence-corrected chi connectivity index (χ3v) is 7.56. The SMILES string of the molecule is C[C@@H](NC(=O)CCc1nc2cc(S(=O)(=O)N(C)C)ccc2n1C)c1ccc(-n2cncn2)cc1. The van der Waals surface area contributed by atoms with Crippen LogP contribution < -0.4 is 5.32 Å². The summed E-state index contributed by atoms with van der Waals surface area (Å²) >= 11 is 0. The van der Waals surface area contributed by atoms with E-state index >= 15 is 0 Å². The molecule has 2 aromatic carbocycles. The van der Waals surface area contributed by atoms with Crippen LogP contribution in [0.25, 0.3) is 16.7 Å². The predicted molar refractivity (Wildman–Crippen MR) is 128 cm³/mol. The molecule has 1 amide bonds. The van der Waals surface area contributed by atoms with E-state index in [1.54, 1.807) is 29.2 Å². The van der Waals surface area contributed by atoms with E-state index in [0.717, 1.165) is 22.6 Å². The largest absolute Gasteiger partial charge is 0.350 e. The van der Waals surface area contributed by atoms with Crippen molar-refractivity contribution in [3.8, 4) is 5.69 Å². The molecule has 0 unspecified atom stereocenters. The molecule has 0 fully saturated rings. The zero-order valence-corrected chi connectivity index (χ0v) is 20.3. The molecule has 2 aromatic heterocycles. The number of benzene rings is 2. The Morgan fingerprint density at radius 2 is 1.88 bits per heavy atom. The first-order valence-electron chi connectivity index (χ1n) is 10.8. The van der Waals surface area contributed by atoms with Crippen molar-refractivity contribution in [2.45, 2.75) is 30.7 Å². The Morgan fingerprint density at radius 1 is 1.15 bits per heavy atom. The van der Waals surface area contributed by atoms with Gasteiger partial charge in [-0.25, -0.2) is 27.4 Å². The van der Waals surface area contributed by atoms with Crippen molar-refractivity contribution in [2.24, 2.45) is 7.05 Å². The first-order valence-corrected chi connectivity index (χ1v) is 12.2. The van der Waals surface area contributed by atoms with Gasteiger partial charge in [0.2, 0.25) is 15.9 Å². The van der Waals surface area contributed by atoms with Crippen molar-refractivity contribution in [3.05, 3.63) is 66.5 Å². The van der Waals surface area contributed by atoms with Crippen LogP contribution in [0.2, 0.25) is 0 Å². The summed E-state index contributed by atoms with van der Waals surface area (Å²) in [4.78, 5) is 21.3. The summed E-state index contributed by atoms with van der Waals surface area (Å²) in [7, 11) is 1.31. The van der Waals surface area contributed by atoms with Gasteiger partial charge in [0.05, 0.1) is 27.7 Å². The van der Waals surface area contributed by atoms with Gasteiger partial charge < -0.3 is 9.88 Å². The number of sulfonamides is 1. The van der Waals surface area contributed by atoms with Gasteiger partial charge in [0.1, 0.15) is 18.5 Å². The van der Waals surface area contributed by atoms with Gasteiger partial charge in [-0.05, 0) is 42.8 Å². The maximum atomic E-state index is 12.6. The molecule has 4 rings (SSSR count). The van der Waals surface area contributed by atoms with Crippen LogP contribution in [0.5, 0.6) is 0 Å². The molecule has 10 nitrogen and oxygen atoms in total. The normalized spacial score (nSPS) is 12.9. The summed E-state index contributed by atoms with van der Waals surface area (Å²) in [6, 6.07) is 12.5. The van der Waals surface area contributed by atoms with Gasteiger partial charge in [0.15, 0.2) is 0 Å². The van der Waals surface area contributed by atoms with Gasteiger partial charge in [-0.15, -0.1) is 0 Å². The summed E-state index contributed by atoms with van der Waals surface area (Å²) in [5.74, 6) is 0.630. The van der Waals surface area contributed by atoms with E-state index in [1.165, 1.54) is 24.7 Å². The summed E-state index contributed by atoms with van der Waals surface area (Å²) in [6.45, 7) is 1.93. The van der Waals surface area contributed by atoms with Crippen molar-refractivity contribution in [2.75, 3.05) is 14.1 Å². The minimum absolute atomic E-state index is 0.0872. The lowest BCUT2D eigenvalue weighted by Gasteiger charge is -2.15. The van der Waals surface area contributed by atoms with E-state index in [1.807, 2.05) is 42.8 Å². The van der Waals surface area contributed by atoms with Crippen LogP contribution in [0.3, 0.4) is 0 Å². The molecule has 0 aliphatic carbocycles. The highest BCUT2D eigenvalue weighted by Crippen LogP contribution is 2.22. The molecule has 11 heteroatoms. The number of carbonyl (C=O) groups is 1. The molecular formula is C23H27N7O3S. The van der Waals surface area contributed by atoms with Crippen molar-refractivity contribution in [1.29, 1.82) is 0 Å². The highest BCUT2D eigenvalue weighted by molar-refractivity contribution is 7.89. The Bertz CT molecular complexity index is 1410. The zero-order chi connectivity index (χ0) is 24.5. The summed E-state index contributed by atoms with van der Waals surface area (Å²) in [5.41, 5.74) is 3.27. The van der Waals surface area contributed by atoms with Crippen LogP contribution in [0.1, 0.15) is 30.8 Å². The monoisotopic (exact) mass is 481 g/mol. The molecule has 2 heterocycles. The third-order valence-electron chi connectivity index (χ3n) is 5.75. The van der Waals surface area contributed by atoms with Crippen LogP contribution in [0, 0.1) is 0 Å². The minimum atomic E-state index is -3.54. The maximum absolute atomic E-state index is 12.6. The molecule has 0 spiro atoms. The number of hydrogen-bond donors (Lipinski definition) is 1. The summed E-state index contributed by atoms with van der Waals surface area (Å²) < 4.78 is 29.6. The molecule has 0 radical (unpaired) electrons. The smallest absolute Gasteiger partial charge is 0.242 e. The zero-order valence-electron chi connectivity index (χ0n) is 19.5. The molecule has 0 bridgehead atoms. The Labute approximate surface area is 198 Å². The number of amides is 1. The number of rotatable bonds is 8. The van der Waals surface area contributed by atoms with E-state index in [0.29, 0.717) is 11.9 Å². The highest BCUT2D eigenvalue weighted by Gasteiger charge is 2.19. The van der Waals surface area contributed by atoms with Gasteiger partial charge in [-0.2, -0.15) is 5.10 Å². The van der Waals surface area contributed by atoms with E-state index in [2.05, 4.69) is 20.4 Å². The standard InChI is InChI=1S/C23H27N7O3S/c1-16(17-5-7-18(8-6-17)30-15-24-14-25-30)26-23(31)12-11-22-27-20-13-19(34(32,33)28(2)3)9-10-21(20)29(22)4/h5-10,13-16H,11-12H2,1-4H3,(H,26,31)/t16-/m1/s1. The molecule has 1 N–H and O–H groups in total. The lowest BCUT2D eigenvalue weighted by molar-refractivity contribution is -0.121. The van der Waals surface area contributed by atoms with E-state index < -0.39 is 10.0 Å². The van der Waals surface area contributed by atoms with Gasteiger partial charge in [0, 0.05) is 34.0 Å². The molecular weight excluding hydrogens is 454 g/mol. The number of imidazole rings is 1. The molecule has 0 aliphatic heterocycles. The second kappa shape index (κ2) is 9.35. The Kier molecular flexibility index (Phi) is 6.49. The average molecular weight is 482 g/mol. The van der Waals surface area contributed by atoms with Crippen molar-refractivity contribution in [3.63, 3.8) is 0 Å². The predicted octanol–water partition coefficient (Wildman–Crippen LogP) is 2.21. The Hall–Kier alpha value is -3.57. The van der Waals surface area contributed by atoms with E-state index in [4.69, 9.17) is 0 Å². The van der Waals surface area contributed by atoms with Gasteiger partial charge in [0.25, 0.3) is 0 Å². The van der Waals surface area contributed by atoms with Gasteiger partial charge >= 0.3 is 0 Å². The molecule has 0 saturated heterocycles. The lowest BCUT2D eigenvalue weighted by Crippen LogP contribution is -2.27. The number of hydrogen-bond acceptors (Lipinski definition) is 6. The first kappa shape index (κ1) is 23.6. The van der Waals surface area contributed by atoms with Crippen molar-refractivity contribution in [1.82, 2.24) is 33.9 Å². The number of nitrogens with zero attached hydrogens (tertiary/aromatic N) is 6. The number of nitrogens with one attached hydrogen (secondary N) is 1. The topological polar surface area (TPSA) is 115 Å². The van der Waals surface area contributed by atoms with Crippen LogP contribution in [0.4, 0.5) is 0 Å². The molecule has 0 saturated carbocycles. The molecule has 1 atom stereocenters. The fourth-order valence-corrected chi connectivity index (χ4v) is 4.63. The number of carbonyl (C=O) groups excluding carboxylic acids is 1. The van der Waals surface area contributed by atoms with Gasteiger partial charge in [-0.1, -0.05) is 12.1 Å². The molecule has 0 aliphatic rings. The van der Waals surface area contributed by atoms with Crippen molar-refractivity contribution >= 4 is 27.0 Å². The van der Waals surface area contributed by atoms with E-state index in [-0.39, 0.29) is 23.3 Å². The average Bonchev–Trinajstić information content (AvgIpc) is 3.46. The Balaban J connectivity index is 1.40. The van der Waals surface area contributed by atoms with Crippen molar-refractivity contribution < 1.29 is 13.2 Å². The number of fused-ring (bicyclic) bond motifs is 1. The quantitative estimate of drug-likeness (QED) is 0.413. The van der Waals surface area contributed by atoms with Crippen LogP contribution in [0.15, 0.2) is 60.0 Å². The Morgan fingerprint density at radius 3 is 2.53 bits per heavy atom. The molecule has 34 heavy (non-hydrogen) atoms. The minimum Gasteiger partial charge on any atom is -0.350 e. The maximum Gasteiger partial charge on any atom is 0.242 e. The first-order chi connectivity index (χ1) is 16.2. The fraction of sp³-hybridized carbons (Fsp3) is 0.304. The summed E-state index contributed by atoms with van der Waals surface area (Å²) in [5, 5.41) is 7.13. The van der Waals surface area contributed by atoms with Crippen LogP contribution in [-0.4, -0.2) is 57.0 Å². The molecule has 178 valence electrons. The lowest BCUT2D eigenvalue weighted by atomic mass is 10.1. The second-order valence-electron chi connectivity index (χ2n) is 8.25. The van der Waals surface area contributed by atoms with Gasteiger partial charge in [-0.3, -0.25) is 4.79 Å². The van der Waals surface area contributed by atoms with Crippen LogP contribution in [-0.2, 0) is 28.3 Å². The molecule has 4 aromatic rings. The number of aromatic nitrogens is 5. The third kappa shape index (κ3) is 4.70. The summed E-state index contributed by atoms with van der Waals surface area (Å²) in [6.07, 6.45) is 3.81. The van der Waals surface area contributed by atoms with Crippen LogP contribution >= 0.6 is 0 Å². The fourth-order valence-electron chi connectivity index (χ4n) is 3.70. The number of aryl methyl sites for hydroxylation is 2. The highest BCUT2D eigenvalue weighted by atomic mass is 32.2. The van der Waals surface area contributed by atoms with E-state index in [9.17, 15) is 13.2 Å². The second-order valence-corrected chi connectivity index (χ2v) is 10.4.